The van der Waals surface area contributed by atoms with Crippen LogP contribution in [0.25, 0.3) is 0 Å². The maximum absolute atomic E-state index is 12.0. The third-order valence-electron chi connectivity index (χ3n) is 2.88. The fraction of sp³-hybridized carbons (Fsp3) is 0.700. The van der Waals surface area contributed by atoms with Crippen molar-refractivity contribution >= 4 is 10.0 Å². The monoisotopic (exact) mass is 274 g/mol. The Hall–Kier alpha value is -0.960. The SMILES string of the molecule is Cc1nc(S(=O)(=O)NCC2COCCN2)cn1C. The first-order valence-electron chi connectivity index (χ1n) is 5.80. The van der Waals surface area contributed by atoms with Crippen molar-refractivity contribution in [2.45, 2.75) is 18.0 Å². The summed E-state index contributed by atoms with van der Waals surface area (Å²) in [4.78, 5) is 4.01. The van der Waals surface area contributed by atoms with E-state index in [-0.39, 0.29) is 11.1 Å². The van der Waals surface area contributed by atoms with Crippen molar-refractivity contribution in [2.75, 3.05) is 26.3 Å². The summed E-state index contributed by atoms with van der Waals surface area (Å²) in [6, 6.07) is 0.0123. The molecule has 18 heavy (non-hydrogen) atoms. The number of nitrogens with one attached hydrogen (secondary N) is 2. The third kappa shape index (κ3) is 3.08. The molecule has 2 heterocycles. The standard InChI is InChI=1S/C10H18N4O3S/c1-8-13-10(6-14(8)2)18(15,16)12-5-9-7-17-4-3-11-9/h6,9,11-12H,3-5,7H2,1-2H3. The van der Waals surface area contributed by atoms with E-state index in [4.69, 9.17) is 4.74 Å². The molecule has 1 aliphatic heterocycles. The summed E-state index contributed by atoms with van der Waals surface area (Å²) in [7, 11) is -1.78. The molecule has 1 aromatic heterocycles. The summed E-state index contributed by atoms with van der Waals surface area (Å²) in [5, 5.41) is 3.24. The Labute approximate surface area is 107 Å². The molecule has 1 saturated heterocycles. The zero-order valence-electron chi connectivity index (χ0n) is 10.5. The smallest absolute Gasteiger partial charge is 0.259 e. The second-order valence-corrected chi connectivity index (χ2v) is 6.03. The van der Waals surface area contributed by atoms with Crippen LogP contribution in [0.1, 0.15) is 5.82 Å². The Morgan fingerprint density at radius 3 is 3.00 bits per heavy atom. The van der Waals surface area contributed by atoms with E-state index in [1.807, 2.05) is 0 Å². The molecule has 1 fully saturated rings. The van der Waals surface area contributed by atoms with Gasteiger partial charge in [0.15, 0.2) is 5.03 Å². The number of morpholine rings is 1. The molecule has 0 saturated carbocycles. The van der Waals surface area contributed by atoms with Gasteiger partial charge in [0.25, 0.3) is 10.0 Å². The van der Waals surface area contributed by atoms with Crippen LogP contribution < -0.4 is 10.0 Å². The number of sulfonamides is 1. The van der Waals surface area contributed by atoms with Crippen LogP contribution in [0.2, 0.25) is 0 Å². The molecule has 0 aliphatic carbocycles. The molecule has 2 N–H and O–H groups in total. The van der Waals surface area contributed by atoms with E-state index in [0.717, 1.165) is 6.54 Å². The van der Waals surface area contributed by atoms with E-state index >= 15 is 0 Å². The zero-order chi connectivity index (χ0) is 13.2. The van der Waals surface area contributed by atoms with Crippen molar-refractivity contribution in [1.29, 1.82) is 0 Å². The van der Waals surface area contributed by atoms with Crippen LogP contribution in [-0.4, -0.2) is 50.3 Å². The topological polar surface area (TPSA) is 85.2 Å². The van der Waals surface area contributed by atoms with Crippen molar-refractivity contribution in [1.82, 2.24) is 19.6 Å². The van der Waals surface area contributed by atoms with Gasteiger partial charge < -0.3 is 14.6 Å². The van der Waals surface area contributed by atoms with Gasteiger partial charge in [0.05, 0.1) is 13.2 Å². The highest BCUT2D eigenvalue weighted by Crippen LogP contribution is 2.07. The molecular formula is C10H18N4O3S. The van der Waals surface area contributed by atoms with E-state index < -0.39 is 10.0 Å². The minimum atomic E-state index is -3.54. The van der Waals surface area contributed by atoms with Gasteiger partial charge in [-0.05, 0) is 6.92 Å². The van der Waals surface area contributed by atoms with Gasteiger partial charge in [-0.3, -0.25) is 0 Å². The van der Waals surface area contributed by atoms with Crippen molar-refractivity contribution in [3.05, 3.63) is 12.0 Å². The Morgan fingerprint density at radius 2 is 2.44 bits per heavy atom. The predicted molar refractivity (Wildman–Crippen MR) is 65.7 cm³/mol. The van der Waals surface area contributed by atoms with Crippen LogP contribution in [0.4, 0.5) is 0 Å². The highest BCUT2D eigenvalue weighted by atomic mass is 32.2. The molecule has 1 unspecified atom stereocenters. The first-order valence-corrected chi connectivity index (χ1v) is 7.28. The van der Waals surface area contributed by atoms with E-state index in [1.54, 1.807) is 18.5 Å². The Bertz CT molecular complexity index is 486. The van der Waals surface area contributed by atoms with Gasteiger partial charge in [0.2, 0.25) is 0 Å². The lowest BCUT2D eigenvalue weighted by atomic mass is 10.3. The first kappa shape index (κ1) is 13.5. The van der Waals surface area contributed by atoms with Gasteiger partial charge in [-0.2, -0.15) is 0 Å². The van der Waals surface area contributed by atoms with Crippen LogP contribution in [-0.2, 0) is 21.8 Å². The highest BCUT2D eigenvalue weighted by molar-refractivity contribution is 7.89. The average molecular weight is 274 g/mol. The number of nitrogens with zero attached hydrogens (tertiary/aromatic N) is 2. The molecule has 2 rings (SSSR count). The van der Waals surface area contributed by atoms with Gasteiger partial charge in [-0.25, -0.2) is 18.1 Å². The van der Waals surface area contributed by atoms with E-state index in [0.29, 0.717) is 25.6 Å². The maximum Gasteiger partial charge on any atom is 0.259 e. The maximum atomic E-state index is 12.0. The zero-order valence-corrected chi connectivity index (χ0v) is 11.3. The van der Waals surface area contributed by atoms with Crippen LogP contribution in [0.3, 0.4) is 0 Å². The number of ether oxygens (including phenoxy) is 1. The molecule has 7 nitrogen and oxygen atoms in total. The second-order valence-electron chi connectivity index (χ2n) is 4.32. The molecular weight excluding hydrogens is 256 g/mol. The number of hydrogen-bond acceptors (Lipinski definition) is 5. The molecule has 8 heteroatoms. The number of imidazole rings is 1. The molecule has 102 valence electrons. The molecule has 1 atom stereocenters. The second kappa shape index (κ2) is 5.35. The lowest BCUT2D eigenvalue weighted by molar-refractivity contribution is 0.0784. The summed E-state index contributed by atoms with van der Waals surface area (Å²) in [5.74, 6) is 0.662. The lowest BCUT2D eigenvalue weighted by Gasteiger charge is -2.23. The fourth-order valence-corrected chi connectivity index (χ4v) is 2.81. The quantitative estimate of drug-likeness (QED) is 0.735. The summed E-state index contributed by atoms with van der Waals surface area (Å²) < 4.78 is 33.4. The fourth-order valence-electron chi connectivity index (χ4n) is 1.69. The van der Waals surface area contributed by atoms with Crippen molar-refractivity contribution < 1.29 is 13.2 Å². The van der Waals surface area contributed by atoms with Gasteiger partial charge >= 0.3 is 0 Å². The van der Waals surface area contributed by atoms with E-state index in [2.05, 4.69) is 15.0 Å². The number of rotatable bonds is 4. The molecule has 0 aromatic carbocycles. The Morgan fingerprint density at radius 1 is 1.67 bits per heavy atom. The van der Waals surface area contributed by atoms with Gasteiger partial charge in [-0.1, -0.05) is 0 Å². The molecule has 0 amide bonds. The first-order chi connectivity index (χ1) is 8.49. The number of aryl methyl sites for hydroxylation is 2. The van der Waals surface area contributed by atoms with Gasteiger partial charge in [0.1, 0.15) is 5.82 Å². The molecule has 1 aliphatic rings. The minimum Gasteiger partial charge on any atom is -0.378 e. The predicted octanol–water partition coefficient (Wildman–Crippen LogP) is -1.00. The van der Waals surface area contributed by atoms with Crippen LogP contribution in [0.15, 0.2) is 11.2 Å². The van der Waals surface area contributed by atoms with E-state index in [1.165, 1.54) is 6.20 Å². The summed E-state index contributed by atoms with van der Waals surface area (Å²) >= 11 is 0. The molecule has 0 bridgehead atoms. The van der Waals surface area contributed by atoms with Gasteiger partial charge in [-0.15, -0.1) is 0 Å². The Kier molecular flexibility index (Phi) is 4.00. The minimum absolute atomic E-state index is 0.0123. The average Bonchev–Trinajstić information content (AvgIpc) is 2.70. The summed E-state index contributed by atoms with van der Waals surface area (Å²) in [5.41, 5.74) is 0. The van der Waals surface area contributed by atoms with Crippen LogP contribution >= 0.6 is 0 Å². The number of aromatic nitrogens is 2. The highest BCUT2D eigenvalue weighted by Gasteiger charge is 2.21. The summed E-state index contributed by atoms with van der Waals surface area (Å²) in [6.45, 7) is 4.00. The lowest BCUT2D eigenvalue weighted by Crippen LogP contribution is -2.48. The van der Waals surface area contributed by atoms with Crippen molar-refractivity contribution in [3.8, 4) is 0 Å². The normalized spacial score (nSPS) is 21.1. The Balaban J connectivity index is 1.98. The van der Waals surface area contributed by atoms with Gasteiger partial charge in [0, 0.05) is 32.4 Å². The van der Waals surface area contributed by atoms with Crippen LogP contribution in [0.5, 0.6) is 0 Å². The third-order valence-corrected chi connectivity index (χ3v) is 4.17. The number of hydrogen-bond donors (Lipinski definition) is 2. The molecule has 1 aromatic rings. The largest absolute Gasteiger partial charge is 0.378 e. The van der Waals surface area contributed by atoms with E-state index in [9.17, 15) is 8.42 Å². The molecule has 0 radical (unpaired) electrons. The van der Waals surface area contributed by atoms with Crippen molar-refractivity contribution in [2.24, 2.45) is 7.05 Å². The van der Waals surface area contributed by atoms with Crippen molar-refractivity contribution in [3.63, 3.8) is 0 Å². The van der Waals surface area contributed by atoms with Crippen LogP contribution in [0, 0.1) is 6.92 Å². The summed E-state index contributed by atoms with van der Waals surface area (Å²) in [6.07, 6.45) is 1.50. The molecule has 0 spiro atoms.